The minimum Gasteiger partial charge on any atom is -0.477 e. The molecule has 4 heterocycles. The van der Waals surface area contributed by atoms with Crippen molar-refractivity contribution in [3.8, 4) is 11.7 Å². The molecule has 2 N–H and O–H groups in total. The van der Waals surface area contributed by atoms with E-state index in [2.05, 4.69) is 39.1 Å². The molecule has 3 saturated carbocycles. The normalized spacial score (nSPS) is 21.8. The number of carbonyl (C=O) groups excluding carboxylic acids is 1. The van der Waals surface area contributed by atoms with Crippen LogP contribution in [-0.2, 0) is 6.54 Å². The highest BCUT2D eigenvalue weighted by Crippen LogP contribution is 2.93. The van der Waals surface area contributed by atoms with Gasteiger partial charge in [-0.3, -0.25) is 14.2 Å². The summed E-state index contributed by atoms with van der Waals surface area (Å²) in [5, 5.41) is 13.5. The van der Waals surface area contributed by atoms with E-state index >= 15 is 0 Å². The number of hydrogen-bond donors (Lipinski definition) is 2. The zero-order chi connectivity index (χ0) is 30.2. The second-order valence-corrected chi connectivity index (χ2v) is 14.2. The molecule has 1 saturated heterocycles. The van der Waals surface area contributed by atoms with E-state index in [4.69, 9.17) is 16.3 Å². The van der Waals surface area contributed by atoms with Gasteiger partial charge in [-0.1, -0.05) is 25.4 Å². The van der Waals surface area contributed by atoms with Crippen molar-refractivity contribution in [3.05, 3.63) is 47.4 Å². The summed E-state index contributed by atoms with van der Waals surface area (Å²) in [7, 11) is 0. The van der Waals surface area contributed by atoms with Gasteiger partial charge < -0.3 is 10.1 Å². The van der Waals surface area contributed by atoms with Crippen LogP contribution in [0.15, 0.2) is 41.7 Å². The number of halogens is 1. The number of nitrogens with one attached hydrogen (secondary N) is 2. The van der Waals surface area contributed by atoms with Gasteiger partial charge in [0.2, 0.25) is 5.88 Å². The zero-order valence-corrected chi connectivity index (χ0v) is 27.3. The summed E-state index contributed by atoms with van der Waals surface area (Å²) in [6.07, 6.45) is 14.1. The number of rotatable bonds is 12. The van der Waals surface area contributed by atoms with Gasteiger partial charge in [0.05, 0.1) is 12.2 Å². The SMILES string of the molecule is CC.CC1(C)CC(CCCn2ccc(SNC(=O)c3ccc(-n4ccc(OCCC5C6(CC6)C56CC6)n4)nc3Cl)n2)CN1. The summed E-state index contributed by atoms with van der Waals surface area (Å²) >= 11 is 7.58. The van der Waals surface area contributed by atoms with Crippen LogP contribution in [0.4, 0.5) is 0 Å². The second-order valence-electron chi connectivity index (χ2n) is 13.0. The zero-order valence-electron chi connectivity index (χ0n) is 25.7. The first kappa shape index (κ1) is 30.5. The van der Waals surface area contributed by atoms with Crippen molar-refractivity contribution in [3.63, 3.8) is 0 Å². The predicted octanol–water partition coefficient (Wildman–Crippen LogP) is 6.71. The lowest BCUT2D eigenvalue weighted by molar-refractivity contribution is 0.0984. The molecular formula is C32H44ClN7O2S. The van der Waals surface area contributed by atoms with Crippen molar-refractivity contribution in [2.24, 2.45) is 22.7 Å². The number of aryl methyl sites for hydroxylation is 1. The van der Waals surface area contributed by atoms with E-state index in [1.807, 2.05) is 36.9 Å². The van der Waals surface area contributed by atoms with E-state index in [1.165, 1.54) is 50.5 Å². The van der Waals surface area contributed by atoms with E-state index < -0.39 is 0 Å². The number of fused-ring (bicyclic) bond motifs is 1. The second kappa shape index (κ2) is 12.1. The molecule has 232 valence electrons. The molecule has 11 heteroatoms. The van der Waals surface area contributed by atoms with Crippen molar-refractivity contribution >= 4 is 29.5 Å². The molecule has 2 spiro atoms. The monoisotopic (exact) mass is 625 g/mol. The van der Waals surface area contributed by atoms with Gasteiger partial charge in [-0.05, 0) is 113 Å². The van der Waals surface area contributed by atoms with Crippen LogP contribution in [0.1, 0.15) is 89.4 Å². The summed E-state index contributed by atoms with van der Waals surface area (Å²) in [5.74, 6) is 2.37. The van der Waals surface area contributed by atoms with Crippen molar-refractivity contribution in [2.45, 2.75) is 96.2 Å². The lowest BCUT2D eigenvalue weighted by Gasteiger charge is -2.17. The molecular weight excluding hydrogens is 582 g/mol. The van der Waals surface area contributed by atoms with E-state index in [0.717, 1.165) is 42.8 Å². The molecule has 0 radical (unpaired) electrons. The van der Waals surface area contributed by atoms with Crippen LogP contribution < -0.4 is 14.8 Å². The molecule has 4 fully saturated rings. The van der Waals surface area contributed by atoms with Crippen LogP contribution in [-0.4, -0.2) is 49.1 Å². The maximum absolute atomic E-state index is 12.8. The maximum Gasteiger partial charge on any atom is 0.264 e. The van der Waals surface area contributed by atoms with Crippen LogP contribution in [0, 0.1) is 22.7 Å². The lowest BCUT2D eigenvalue weighted by atomic mass is 9.94. The number of carbonyl (C=O) groups is 1. The quantitative estimate of drug-likeness (QED) is 0.170. The van der Waals surface area contributed by atoms with Crippen LogP contribution >= 0.6 is 23.5 Å². The van der Waals surface area contributed by atoms with Crippen molar-refractivity contribution in [1.82, 2.24) is 34.6 Å². The smallest absolute Gasteiger partial charge is 0.264 e. The Kier molecular flexibility index (Phi) is 8.56. The van der Waals surface area contributed by atoms with E-state index in [1.54, 1.807) is 23.0 Å². The number of hydrogen-bond acceptors (Lipinski definition) is 7. The minimum atomic E-state index is -0.323. The Hall–Kier alpha value is -2.56. The Morgan fingerprint density at radius 2 is 1.86 bits per heavy atom. The van der Waals surface area contributed by atoms with Gasteiger partial charge >= 0.3 is 0 Å². The largest absolute Gasteiger partial charge is 0.477 e. The summed E-state index contributed by atoms with van der Waals surface area (Å²) < 4.78 is 12.3. The fraction of sp³-hybridized carbons (Fsp3) is 0.625. The van der Waals surface area contributed by atoms with Crippen molar-refractivity contribution < 1.29 is 9.53 Å². The van der Waals surface area contributed by atoms with Gasteiger partial charge in [-0.15, -0.1) is 5.10 Å². The van der Waals surface area contributed by atoms with Gasteiger partial charge in [0.1, 0.15) is 10.2 Å². The number of ether oxygens (including phenoxy) is 1. The molecule has 1 atom stereocenters. The standard InChI is InChI=1S/C30H38ClN7O2S.C2H6/c1-28(2)18-20(19-32-28)4-3-14-37-15-8-25(35-37)41-36-27(39)21-5-6-23(33-26(21)31)38-16-7-24(34-38)40-17-9-22-29(10-11-29)30(22)12-13-30;1-2/h5-8,15-16,20,22,32H,3-4,9-14,17-19H2,1-2H3,(H,36,39);1-2H3. The van der Waals surface area contributed by atoms with Crippen molar-refractivity contribution in [1.29, 1.82) is 0 Å². The number of nitrogens with zero attached hydrogens (tertiary/aromatic N) is 5. The van der Waals surface area contributed by atoms with Gasteiger partial charge in [0.25, 0.3) is 5.91 Å². The molecule has 0 aromatic carbocycles. The van der Waals surface area contributed by atoms with E-state index in [-0.39, 0.29) is 16.6 Å². The lowest BCUT2D eigenvalue weighted by Crippen LogP contribution is -2.31. The van der Waals surface area contributed by atoms with Crippen LogP contribution in [0.3, 0.4) is 0 Å². The van der Waals surface area contributed by atoms with Gasteiger partial charge in [-0.25, -0.2) is 9.67 Å². The highest BCUT2D eigenvalue weighted by molar-refractivity contribution is 7.97. The Bertz CT molecular complexity index is 1430. The topological polar surface area (TPSA) is 98.9 Å². The third kappa shape index (κ3) is 6.33. The highest BCUT2D eigenvalue weighted by Gasteiger charge is 2.85. The van der Waals surface area contributed by atoms with E-state index in [0.29, 0.717) is 34.7 Å². The molecule has 1 aliphatic heterocycles. The van der Waals surface area contributed by atoms with Crippen LogP contribution in [0.2, 0.25) is 5.15 Å². The number of aromatic nitrogens is 5. The molecule has 9 nitrogen and oxygen atoms in total. The number of pyridine rings is 1. The predicted molar refractivity (Wildman–Crippen MR) is 170 cm³/mol. The molecule has 3 aromatic heterocycles. The Balaban J connectivity index is 0.00000161. The molecule has 0 bridgehead atoms. The minimum absolute atomic E-state index is 0.117. The molecule has 43 heavy (non-hydrogen) atoms. The number of amides is 1. The Labute approximate surface area is 264 Å². The highest BCUT2D eigenvalue weighted by atomic mass is 35.5. The van der Waals surface area contributed by atoms with Crippen LogP contribution in [0.25, 0.3) is 5.82 Å². The molecule has 3 aliphatic carbocycles. The summed E-state index contributed by atoms with van der Waals surface area (Å²) in [6.45, 7) is 11.2. The Morgan fingerprint density at radius 3 is 2.53 bits per heavy atom. The third-order valence-corrected chi connectivity index (χ3v) is 10.9. The van der Waals surface area contributed by atoms with Crippen LogP contribution in [0.5, 0.6) is 5.88 Å². The first-order chi connectivity index (χ1) is 20.8. The molecule has 3 aromatic rings. The molecule has 7 rings (SSSR count). The fourth-order valence-corrected chi connectivity index (χ4v) is 8.40. The van der Waals surface area contributed by atoms with E-state index in [9.17, 15) is 4.79 Å². The van der Waals surface area contributed by atoms with Gasteiger partial charge in [0.15, 0.2) is 5.82 Å². The van der Waals surface area contributed by atoms with Crippen molar-refractivity contribution in [2.75, 3.05) is 13.2 Å². The molecule has 1 amide bonds. The first-order valence-electron chi connectivity index (χ1n) is 15.9. The summed E-state index contributed by atoms with van der Waals surface area (Å²) in [5.41, 5.74) is 1.96. The Morgan fingerprint density at radius 1 is 1.09 bits per heavy atom. The summed E-state index contributed by atoms with van der Waals surface area (Å²) in [6, 6.07) is 7.14. The van der Waals surface area contributed by atoms with Gasteiger partial charge in [-0.2, -0.15) is 5.10 Å². The average molecular weight is 626 g/mol. The molecule has 4 aliphatic rings. The average Bonchev–Trinajstić information content (AvgIpc) is 3.91. The molecule has 1 unspecified atom stereocenters. The third-order valence-electron chi connectivity index (χ3n) is 9.89. The maximum atomic E-state index is 12.8. The van der Waals surface area contributed by atoms with Gasteiger partial charge in [0, 0.05) is 42.5 Å². The summed E-state index contributed by atoms with van der Waals surface area (Å²) in [4.78, 5) is 17.2. The first-order valence-corrected chi connectivity index (χ1v) is 17.1. The fourth-order valence-electron chi connectivity index (χ4n) is 7.58.